The number of para-hydroxylation sites is 1. The van der Waals surface area contributed by atoms with E-state index in [1.54, 1.807) is 48.5 Å². The highest BCUT2D eigenvalue weighted by Gasteiger charge is 2.35. The number of aromatic nitrogens is 2. The standard InChI is InChI=1S/C19H14N4O3S/c20-12-14-8-4-5-9-15(14)21-18(24)17-16(13-6-2-1-3-7-13)22-19-23(17)10-11-27(19,25)26/h1-9H,10-11H2,(H,21,24). The van der Waals surface area contributed by atoms with Crippen LogP contribution >= 0.6 is 0 Å². The van der Waals surface area contributed by atoms with E-state index in [1.165, 1.54) is 4.57 Å². The third-order valence-corrected chi connectivity index (χ3v) is 5.94. The summed E-state index contributed by atoms with van der Waals surface area (Å²) in [6.45, 7) is 0.167. The molecule has 0 saturated carbocycles. The minimum Gasteiger partial charge on any atom is -0.319 e. The van der Waals surface area contributed by atoms with E-state index in [1.807, 2.05) is 12.1 Å². The number of sulfone groups is 1. The Morgan fingerprint density at radius 1 is 1.11 bits per heavy atom. The molecule has 7 nitrogen and oxygen atoms in total. The highest BCUT2D eigenvalue weighted by Crippen LogP contribution is 2.31. The molecule has 0 unspecified atom stereocenters. The van der Waals surface area contributed by atoms with Crippen molar-refractivity contribution in [2.45, 2.75) is 11.7 Å². The van der Waals surface area contributed by atoms with Crippen LogP contribution in [-0.2, 0) is 16.4 Å². The molecule has 0 radical (unpaired) electrons. The summed E-state index contributed by atoms with van der Waals surface area (Å²) in [5, 5.41) is 11.8. The summed E-state index contributed by atoms with van der Waals surface area (Å²) >= 11 is 0. The molecule has 0 saturated heterocycles. The molecule has 1 aromatic heterocycles. The Balaban J connectivity index is 1.85. The van der Waals surface area contributed by atoms with Crippen LogP contribution in [-0.4, -0.2) is 29.6 Å². The quantitative estimate of drug-likeness (QED) is 0.754. The van der Waals surface area contributed by atoms with Gasteiger partial charge in [-0.2, -0.15) is 5.26 Å². The van der Waals surface area contributed by atoms with Crippen molar-refractivity contribution in [1.82, 2.24) is 9.55 Å². The van der Waals surface area contributed by atoms with Gasteiger partial charge >= 0.3 is 0 Å². The van der Waals surface area contributed by atoms with Gasteiger partial charge in [0.15, 0.2) is 0 Å². The normalized spacial score (nSPS) is 14.3. The first-order valence-corrected chi connectivity index (χ1v) is 9.85. The molecule has 3 aromatic rings. The van der Waals surface area contributed by atoms with Crippen molar-refractivity contribution in [2.75, 3.05) is 11.1 Å². The number of hydrogen-bond acceptors (Lipinski definition) is 5. The largest absolute Gasteiger partial charge is 0.319 e. The van der Waals surface area contributed by atoms with Crippen LogP contribution in [0.2, 0.25) is 0 Å². The minimum atomic E-state index is -3.51. The lowest BCUT2D eigenvalue weighted by atomic mass is 10.1. The van der Waals surface area contributed by atoms with Gasteiger partial charge in [0.05, 0.1) is 17.0 Å². The predicted molar refractivity (Wildman–Crippen MR) is 98.8 cm³/mol. The number of anilines is 1. The summed E-state index contributed by atoms with van der Waals surface area (Å²) in [5.74, 6) is -0.591. The number of hydrogen-bond donors (Lipinski definition) is 1. The molecule has 0 spiro atoms. The average Bonchev–Trinajstić information content (AvgIpc) is 3.20. The molecule has 0 fully saturated rings. The molecule has 27 heavy (non-hydrogen) atoms. The smallest absolute Gasteiger partial charge is 0.274 e. The Kier molecular flexibility index (Phi) is 4.01. The van der Waals surface area contributed by atoms with Crippen LogP contribution in [0, 0.1) is 11.3 Å². The Morgan fingerprint density at radius 2 is 1.81 bits per heavy atom. The number of nitrogens with zero attached hydrogens (tertiary/aromatic N) is 3. The molecule has 0 aliphatic carbocycles. The van der Waals surface area contributed by atoms with E-state index < -0.39 is 15.7 Å². The topological polar surface area (TPSA) is 105 Å². The van der Waals surface area contributed by atoms with E-state index in [2.05, 4.69) is 10.3 Å². The van der Waals surface area contributed by atoms with E-state index in [4.69, 9.17) is 0 Å². The van der Waals surface area contributed by atoms with E-state index >= 15 is 0 Å². The third kappa shape index (κ3) is 2.88. The number of carbonyl (C=O) groups is 1. The lowest BCUT2D eigenvalue weighted by Crippen LogP contribution is -2.18. The Labute approximate surface area is 155 Å². The average molecular weight is 378 g/mol. The number of fused-ring (bicyclic) bond motifs is 1. The number of amides is 1. The second-order valence-electron chi connectivity index (χ2n) is 6.04. The molecule has 1 aliphatic rings. The summed E-state index contributed by atoms with van der Waals surface area (Å²) in [4.78, 5) is 17.3. The van der Waals surface area contributed by atoms with Gasteiger partial charge in [0.1, 0.15) is 17.5 Å². The summed E-state index contributed by atoms with van der Waals surface area (Å²) in [7, 11) is -3.51. The van der Waals surface area contributed by atoms with E-state index in [0.29, 0.717) is 22.5 Å². The van der Waals surface area contributed by atoms with Crippen molar-refractivity contribution >= 4 is 21.4 Å². The van der Waals surface area contributed by atoms with E-state index in [9.17, 15) is 18.5 Å². The zero-order chi connectivity index (χ0) is 19.0. The predicted octanol–water partition coefficient (Wildman–Crippen LogP) is 2.46. The van der Waals surface area contributed by atoms with Crippen molar-refractivity contribution in [2.24, 2.45) is 0 Å². The van der Waals surface area contributed by atoms with E-state index in [-0.39, 0.29) is 23.1 Å². The van der Waals surface area contributed by atoms with Crippen LogP contribution in [0.1, 0.15) is 16.1 Å². The second kappa shape index (κ2) is 6.37. The lowest BCUT2D eigenvalue weighted by Gasteiger charge is -2.10. The van der Waals surface area contributed by atoms with Crippen molar-refractivity contribution < 1.29 is 13.2 Å². The molecule has 134 valence electrons. The van der Waals surface area contributed by atoms with Gasteiger partial charge in [0, 0.05) is 12.1 Å². The Bertz CT molecular complexity index is 1190. The first kappa shape index (κ1) is 17.0. The summed E-state index contributed by atoms with van der Waals surface area (Å²) in [5.41, 5.74) is 1.81. The van der Waals surface area contributed by atoms with Gasteiger partial charge in [-0.05, 0) is 12.1 Å². The highest BCUT2D eigenvalue weighted by atomic mass is 32.2. The fraction of sp³-hybridized carbons (Fsp3) is 0.105. The van der Waals surface area contributed by atoms with Crippen LogP contribution in [0.25, 0.3) is 11.3 Å². The number of rotatable bonds is 3. The van der Waals surface area contributed by atoms with Crippen molar-refractivity contribution in [3.8, 4) is 17.3 Å². The number of nitrogens with one attached hydrogen (secondary N) is 1. The summed E-state index contributed by atoms with van der Waals surface area (Å²) in [6.07, 6.45) is 0. The van der Waals surface area contributed by atoms with E-state index in [0.717, 1.165) is 0 Å². The number of imidazole rings is 1. The van der Waals surface area contributed by atoms with Crippen LogP contribution in [0.5, 0.6) is 0 Å². The van der Waals surface area contributed by atoms with Gasteiger partial charge in [0.25, 0.3) is 5.91 Å². The van der Waals surface area contributed by atoms with Gasteiger partial charge in [-0.25, -0.2) is 13.4 Å². The Hall–Kier alpha value is -3.44. The van der Waals surface area contributed by atoms with Crippen LogP contribution in [0.15, 0.2) is 59.8 Å². The molecule has 1 aliphatic heterocycles. The maximum atomic E-state index is 13.0. The molecule has 0 bridgehead atoms. The van der Waals surface area contributed by atoms with Crippen LogP contribution in [0.3, 0.4) is 0 Å². The maximum Gasteiger partial charge on any atom is 0.274 e. The molecule has 2 aromatic carbocycles. The monoisotopic (exact) mass is 378 g/mol. The molecule has 1 amide bonds. The Morgan fingerprint density at radius 3 is 2.56 bits per heavy atom. The molecule has 4 rings (SSSR count). The van der Waals surface area contributed by atoms with Gasteiger partial charge in [0.2, 0.25) is 15.0 Å². The van der Waals surface area contributed by atoms with Gasteiger partial charge in [-0.1, -0.05) is 42.5 Å². The maximum absolute atomic E-state index is 13.0. The number of nitriles is 1. The molecular weight excluding hydrogens is 364 g/mol. The first-order chi connectivity index (χ1) is 13.0. The SMILES string of the molecule is N#Cc1ccccc1NC(=O)c1c(-c2ccccc2)nc2n1CCS2(=O)=O. The zero-order valence-electron chi connectivity index (χ0n) is 14.1. The van der Waals surface area contributed by atoms with Crippen molar-refractivity contribution in [3.05, 3.63) is 65.9 Å². The fourth-order valence-electron chi connectivity index (χ4n) is 3.08. The number of carbonyl (C=O) groups excluding carboxylic acids is 1. The third-order valence-electron chi connectivity index (χ3n) is 4.35. The summed E-state index contributed by atoms with van der Waals surface area (Å²) in [6, 6.07) is 17.6. The van der Waals surface area contributed by atoms with Gasteiger partial charge < -0.3 is 9.88 Å². The van der Waals surface area contributed by atoms with Gasteiger partial charge in [-0.3, -0.25) is 4.79 Å². The lowest BCUT2D eigenvalue weighted by molar-refractivity contribution is 0.101. The van der Waals surface area contributed by atoms with Crippen LogP contribution in [0.4, 0.5) is 5.69 Å². The van der Waals surface area contributed by atoms with Crippen LogP contribution < -0.4 is 5.32 Å². The summed E-state index contributed by atoms with van der Waals surface area (Å²) < 4.78 is 26.0. The molecule has 1 N–H and O–H groups in total. The second-order valence-corrected chi connectivity index (χ2v) is 8.04. The first-order valence-electron chi connectivity index (χ1n) is 8.20. The number of benzene rings is 2. The minimum absolute atomic E-state index is 0.0839. The molecule has 8 heteroatoms. The van der Waals surface area contributed by atoms with Crippen molar-refractivity contribution in [1.29, 1.82) is 5.26 Å². The molecular formula is C19H14N4O3S. The van der Waals surface area contributed by atoms with Crippen molar-refractivity contribution in [3.63, 3.8) is 0 Å². The highest BCUT2D eigenvalue weighted by molar-refractivity contribution is 7.91. The van der Waals surface area contributed by atoms with Gasteiger partial charge in [-0.15, -0.1) is 0 Å². The molecule has 2 heterocycles. The zero-order valence-corrected chi connectivity index (χ0v) is 14.9. The fourth-order valence-corrected chi connectivity index (χ4v) is 4.43. The molecule has 0 atom stereocenters.